The molecule has 0 saturated heterocycles. The van der Waals surface area contributed by atoms with E-state index in [0.717, 1.165) is 40.8 Å². The number of ether oxygens (including phenoxy) is 1. The molecule has 1 saturated carbocycles. The van der Waals surface area contributed by atoms with Gasteiger partial charge in [-0.05, 0) is 69.9 Å². The molecule has 1 amide bonds. The van der Waals surface area contributed by atoms with E-state index in [2.05, 4.69) is 15.6 Å². The molecule has 30 heavy (non-hydrogen) atoms. The molecule has 0 atom stereocenters. The number of fused-ring (bicyclic) bond motifs is 1. The van der Waals surface area contributed by atoms with Crippen LogP contribution in [0.4, 0.5) is 0 Å². The number of carbonyl (C=O) groups is 1. The lowest BCUT2D eigenvalue weighted by Crippen LogP contribution is -2.30. The number of nitrogens with zero attached hydrogens (tertiary/aromatic N) is 4. The molecule has 2 aromatic heterocycles. The maximum atomic E-state index is 12.8. The number of hydrogen-bond acceptors (Lipinski definition) is 4. The van der Waals surface area contributed by atoms with E-state index in [0.29, 0.717) is 31.7 Å². The summed E-state index contributed by atoms with van der Waals surface area (Å²) in [5.74, 6) is 2.58. The Bertz CT molecular complexity index is 1020. The van der Waals surface area contributed by atoms with Crippen LogP contribution in [0.15, 0.2) is 36.5 Å². The summed E-state index contributed by atoms with van der Waals surface area (Å²) in [5, 5.41) is 0. The number of imidazole rings is 1. The minimum Gasteiger partial charge on any atom is -0.492 e. The lowest BCUT2D eigenvalue weighted by atomic mass is 10.1. The van der Waals surface area contributed by atoms with E-state index in [1.54, 1.807) is 6.20 Å². The summed E-state index contributed by atoms with van der Waals surface area (Å²) >= 11 is 0. The van der Waals surface area contributed by atoms with Gasteiger partial charge in [0.2, 0.25) is 0 Å². The number of hydrogen-bond donors (Lipinski definition) is 0. The molecule has 0 N–H and O–H groups in total. The molecule has 0 aliphatic heterocycles. The quantitative estimate of drug-likeness (QED) is 0.531. The van der Waals surface area contributed by atoms with Crippen molar-refractivity contribution in [1.29, 1.82) is 0 Å². The van der Waals surface area contributed by atoms with Crippen LogP contribution in [0.2, 0.25) is 0 Å². The fourth-order valence-corrected chi connectivity index (χ4v) is 3.83. The summed E-state index contributed by atoms with van der Waals surface area (Å²) in [6, 6.07) is 9.89. The van der Waals surface area contributed by atoms with Gasteiger partial charge in [0.05, 0.1) is 23.8 Å². The van der Waals surface area contributed by atoms with Gasteiger partial charge in [0, 0.05) is 37.3 Å². The highest BCUT2D eigenvalue weighted by molar-refractivity contribution is 5.97. The fraction of sp³-hybridized carbons (Fsp3) is 0.458. The van der Waals surface area contributed by atoms with Gasteiger partial charge in [0.25, 0.3) is 5.91 Å². The molecule has 0 spiro atoms. The van der Waals surface area contributed by atoms with Crippen LogP contribution in [0, 0.1) is 5.92 Å². The van der Waals surface area contributed by atoms with Crippen LogP contribution in [-0.2, 0) is 13.0 Å². The predicted molar refractivity (Wildman–Crippen MR) is 118 cm³/mol. The number of carbonyl (C=O) groups excluding carboxylic acids is 1. The van der Waals surface area contributed by atoms with Crippen molar-refractivity contribution in [1.82, 2.24) is 19.4 Å². The van der Waals surface area contributed by atoms with E-state index in [-0.39, 0.29) is 5.91 Å². The Labute approximate surface area is 177 Å². The smallest absolute Gasteiger partial charge is 0.253 e. The second-order valence-electron chi connectivity index (χ2n) is 7.86. The van der Waals surface area contributed by atoms with Crippen LogP contribution >= 0.6 is 0 Å². The van der Waals surface area contributed by atoms with E-state index >= 15 is 0 Å². The normalized spacial score (nSPS) is 13.6. The average Bonchev–Trinajstić information content (AvgIpc) is 3.52. The summed E-state index contributed by atoms with van der Waals surface area (Å²) in [5.41, 5.74) is 3.65. The van der Waals surface area contributed by atoms with Gasteiger partial charge in [-0.25, -0.2) is 4.98 Å². The molecule has 2 heterocycles. The van der Waals surface area contributed by atoms with Gasteiger partial charge in [0.1, 0.15) is 11.6 Å². The summed E-state index contributed by atoms with van der Waals surface area (Å²) in [6.45, 7) is 9.00. The first-order valence-corrected chi connectivity index (χ1v) is 11.0. The van der Waals surface area contributed by atoms with Gasteiger partial charge >= 0.3 is 0 Å². The fourth-order valence-electron chi connectivity index (χ4n) is 3.83. The van der Waals surface area contributed by atoms with Crippen LogP contribution in [0.5, 0.6) is 5.75 Å². The Hall–Kier alpha value is -2.89. The number of benzene rings is 1. The topological polar surface area (TPSA) is 60.2 Å². The van der Waals surface area contributed by atoms with Crippen LogP contribution in [-0.4, -0.2) is 45.0 Å². The standard InChI is InChI=1S/C24H30N4O2/c1-4-27(5-2)24(29)18-9-12-22-21(13-18)26-23(28(22)16-17-7-8-17)14-19-10-11-20(15-25-19)30-6-3/h9-13,15,17H,4-8,14,16H2,1-3H3. The zero-order chi connectivity index (χ0) is 21.1. The zero-order valence-corrected chi connectivity index (χ0v) is 18.1. The molecule has 158 valence electrons. The summed E-state index contributed by atoms with van der Waals surface area (Å²) in [6.07, 6.45) is 4.98. The molecular weight excluding hydrogens is 376 g/mol. The maximum Gasteiger partial charge on any atom is 0.253 e. The van der Waals surface area contributed by atoms with Crippen molar-refractivity contribution in [3.8, 4) is 5.75 Å². The molecule has 6 heteroatoms. The van der Waals surface area contributed by atoms with E-state index in [1.165, 1.54) is 12.8 Å². The highest BCUT2D eigenvalue weighted by Crippen LogP contribution is 2.33. The van der Waals surface area contributed by atoms with E-state index in [9.17, 15) is 4.79 Å². The summed E-state index contributed by atoms with van der Waals surface area (Å²) < 4.78 is 7.81. The third kappa shape index (κ3) is 4.32. The number of aromatic nitrogens is 3. The van der Waals surface area contributed by atoms with Crippen molar-refractivity contribution < 1.29 is 9.53 Å². The van der Waals surface area contributed by atoms with Crippen molar-refractivity contribution in [2.75, 3.05) is 19.7 Å². The Balaban J connectivity index is 1.66. The van der Waals surface area contributed by atoms with Gasteiger partial charge in [0.15, 0.2) is 0 Å². The number of rotatable bonds is 9. The highest BCUT2D eigenvalue weighted by atomic mass is 16.5. The van der Waals surface area contributed by atoms with Crippen LogP contribution in [0.3, 0.4) is 0 Å². The molecule has 0 unspecified atom stereocenters. The maximum absolute atomic E-state index is 12.8. The molecular formula is C24H30N4O2. The second kappa shape index (κ2) is 8.86. The molecule has 4 rings (SSSR count). The first kappa shape index (κ1) is 20.4. The van der Waals surface area contributed by atoms with Crippen molar-refractivity contribution in [3.05, 3.63) is 53.6 Å². The van der Waals surface area contributed by atoms with Crippen molar-refractivity contribution in [2.45, 2.75) is 46.6 Å². The predicted octanol–water partition coefficient (Wildman–Crippen LogP) is 4.31. The molecule has 1 fully saturated rings. The Morgan fingerprint density at radius 2 is 1.97 bits per heavy atom. The zero-order valence-electron chi connectivity index (χ0n) is 18.1. The third-order valence-electron chi connectivity index (χ3n) is 5.71. The first-order chi connectivity index (χ1) is 14.6. The lowest BCUT2D eigenvalue weighted by Gasteiger charge is -2.18. The van der Waals surface area contributed by atoms with Gasteiger partial charge in [-0.2, -0.15) is 0 Å². The molecule has 3 aromatic rings. The van der Waals surface area contributed by atoms with Gasteiger partial charge < -0.3 is 14.2 Å². The molecule has 1 aromatic carbocycles. The van der Waals surface area contributed by atoms with Crippen molar-refractivity contribution in [3.63, 3.8) is 0 Å². The first-order valence-electron chi connectivity index (χ1n) is 11.0. The number of amides is 1. The SMILES string of the molecule is CCOc1ccc(Cc2nc3cc(C(=O)N(CC)CC)ccc3n2CC2CC2)nc1. The van der Waals surface area contributed by atoms with Gasteiger partial charge in [-0.3, -0.25) is 9.78 Å². The van der Waals surface area contributed by atoms with E-state index in [1.807, 2.05) is 49.9 Å². The summed E-state index contributed by atoms with van der Waals surface area (Å²) in [7, 11) is 0. The largest absolute Gasteiger partial charge is 0.492 e. The van der Waals surface area contributed by atoms with Gasteiger partial charge in [-0.1, -0.05) is 0 Å². The van der Waals surface area contributed by atoms with Crippen LogP contribution in [0.1, 0.15) is 55.5 Å². The molecule has 6 nitrogen and oxygen atoms in total. The molecule has 1 aliphatic rings. The highest BCUT2D eigenvalue weighted by Gasteiger charge is 2.25. The number of pyridine rings is 1. The summed E-state index contributed by atoms with van der Waals surface area (Å²) in [4.78, 5) is 24.1. The van der Waals surface area contributed by atoms with Crippen molar-refractivity contribution in [2.24, 2.45) is 5.92 Å². The minimum atomic E-state index is 0.0633. The van der Waals surface area contributed by atoms with E-state index in [4.69, 9.17) is 9.72 Å². The minimum absolute atomic E-state index is 0.0633. The van der Waals surface area contributed by atoms with Crippen LogP contribution < -0.4 is 4.74 Å². The Morgan fingerprint density at radius 3 is 2.60 bits per heavy atom. The van der Waals surface area contributed by atoms with Gasteiger partial charge in [-0.15, -0.1) is 0 Å². The molecule has 0 radical (unpaired) electrons. The lowest BCUT2D eigenvalue weighted by molar-refractivity contribution is 0.0773. The average molecular weight is 407 g/mol. The van der Waals surface area contributed by atoms with Crippen LogP contribution in [0.25, 0.3) is 11.0 Å². The second-order valence-corrected chi connectivity index (χ2v) is 7.86. The third-order valence-corrected chi connectivity index (χ3v) is 5.71. The molecule has 0 bridgehead atoms. The van der Waals surface area contributed by atoms with E-state index < -0.39 is 0 Å². The molecule has 1 aliphatic carbocycles. The Kier molecular flexibility index (Phi) is 6.02. The monoisotopic (exact) mass is 406 g/mol. The van der Waals surface area contributed by atoms with Crippen molar-refractivity contribution >= 4 is 16.9 Å². The Morgan fingerprint density at radius 1 is 1.17 bits per heavy atom.